The Morgan fingerprint density at radius 1 is 1.44 bits per heavy atom. The molecule has 0 atom stereocenters. The fourth-order valence-electron chi connectivity index (χ4n) is 1.95. The third-order valence-corrected chi connectivity index (χ3v) is 2.64. The Balaban J connectivity index is 2.43. The molecule has 1 aromatic rings. The highest BCUT2D eigenvalue weighted by Gasteiger charge is 2.18. The van der Waals surface area contributed by atoms with E-state index in [1.165, 1.54) is 0 Å². The van der Waals surface area contributed by atoms with Crippen LogP contribution in [0.3, 0.4) is 0 Å². The molecule has 1 heterocycles. The molecule has 104 valence electrons. The first-order chi connectivity index (χ1) is 8.43. The van der Waals surface area contributed by atoms with E-state index in [1.807, 2.05) is 13.3 Å². The van der Waals surface area contributed by atoms with Crippen LogP contribution in [0.5, 0.6) is 0 Å². The molecule has 0 radical (unpaired) electrons. The standard InChI is InChI=1S/C14H27N3O/c1-6-18-14(4,5)10-17-9-13(16-11-17)8-15-7-12(2)3/h9,11-12,15H,6-8,10H2,1-5H3. The maximum atomic E-state index is 5.69. The quantitative estimate of drug-likeness (QED) is 0.773. The minimum Gasteiger partial charge on any atom is -0.374 e. The van der Waals surface area contributed by atoms with Crippen LogP contribution in [-0.4, -0.2) is 28.3 Å². The largest absolute Gasteiger partial charge is 0.374 e. The van der Waals surface area contributed by atoms with Crippen molar-refractivity contribution in [2.75, 3.05) is 13.2 Å². The van der Waals surface area contributed by atoms with Crippen molar-refractivity contribution >= 4 is 0 Å². The molecule has 1 rings (SSSR count). The third kappa shape index (κ3) is 5.65. The number of aromatic nitrogens is 2. The molecule has 0 spiro atoms. The van der Waals surface area contributed by atoms with Crippen molar-refractivity contribution in [3.63, 3.8) is 0 Å². The average Bonchev–Trinajstić information content (AvgIpc) is 2.64. The van der Waals surface area contributed by atoms with E-state index in [0.717, 1.165) is 31.9 Å². The van der Waals surface area contributed by atoms with Gasteiger partial charge in [0.15, 0.2) is 0 Å². The summed E-state index contributed by atoms with van der Waals surface area (Å²) in [6.07, 6.45) is 3.97. The van der Waals surface area contributed by atoms with Crippen molar-refractivity contribution in [3.05, 3.63) is 18.2 Å². The third-order valence-electron chi connectivity index (χ3n) is 2.64. The van der Waals surface area contributed by atoms with Crippen LogP contribution < -0.4 is 5.32 Å². The second-order valence-corrected chi connectivity index (χ2v) is 5.75. The number of nitrogens with one attached hydrogen (secondary N) is 1. The van der Waals surface area contributed by atoms with Gasteiger partial charge in [0.25, 0.3) is 0 Å². The number of ether oxygens (including phenoxy) is 1. The van der Waals surface area contributed by atoms with Crippen molar-refractivity contribution in [2.45, 2.75) is 53.3 Å². The zero-order valence-electron chi connectivity index (χ0n) is 12.4. The molecule has 1 aromatic heterocycles. The summed E-state index contributed by atoms with van der Waals surface area (Å²) in [5, 5.41) is 3.40. The van der Waals surface area contributed by atoms with E-state index in [1.54, 1.807) is 0 Å². The van der Waals surface area contributed by atoms with Crippen LogP contribution in [0.2, 0.25) is 0 Å². The van der Waals surface area contributed by atoms with Gasteiger partial charge in [0.1, 0.15) is 0 Å². The van der Waals surface area contributed by atoms with E-state index in [0.29, 0.717) is 5.92 Å². The fraction of sp³-hybridized carbons (Fsp3) is 0.786. The molecule has 0 bridgehead atoms. The van der Waals surface area contributed by atoms with E-state index in [-0.39, 0.29) is 5.60 Å². The molecular weight excluding hydrogens is 226 g/mol. The zero-order chi connectivity index (χ0) is 13.6. The lowest BCUT2D eigenvalue weighted by Crippen LogP contribution is -2.30. The molecule has 1 N–H and O–H groups in total. The first-order valence-corrected chi connectivity index (χ1v) is 6.78. The average molecular weight is 253 g/mol. The lowest BCUT2D eigenvalue weighted by molar-refractivity contribution is -0.0224. The second-order valence-electron chi connectivity index (χ2n) is 5.75. The number of hydrogen-bond acceptors (Lipinski definition) is 3. The first kappa shape index (κ1) is 15.2. The summed E-state index contributed by atoms with van der Waals surface area (Å²) in [5.41, 5.74) is 0.945. The van der Waals surface area contributed by atoms with Gasteiger partial charge in [0.2, 0.25) is 0 Å². The molecular formula is C14H27N3O. The minimum absolute atomic E-state index is 0.141. The monoisotopic (exact) mass is 253 g/mol. The summed E-state index contributed by atoms with van der Waals surface area (Å²) in [5.74, 6) is 0.670. The molecule has 0 fully saturated rings. The second kappa shape index (κ2) is 6.90. The van der Waals surface area contributed by atoms with Crippen LogP contribution in [0.15, 0.2) is 12.5 Å². The highest BCUT2D eigenvalue weighted by molar-refractivity contribution is 4.97. The van der Waals surface area contributed by atoms with E-state index < -0.39 is 0 Å². The van der Waals surface area contributed by atoms with Crippen molar-refractivity contribution in [2.24, 2.45) is 5.92 Å². The predicted octanol–water partition coefficient (Wildman–Crippen LogP) is 2.44. The van der Waals surface area contributed by atoms with Crippen LogP contribution in [0.4, 0.5) is 0 Å². The number of hydrogen-bond donors (Lipinski definition) is 1. The Morgan fingerprint density at radius 2 is 2.17 bits per heavy atom. The number of nitrogens with zero attached hydrogens (tertiary/aromatic N) is 2. The lowest BCUT2D eigenvalue weighted by Gasteiger charge is -2.24. The van der Waals surface area contributed by atoms with Crippen LogP contribution >= 0.6 is 0 Å². The van der Waals surface area contributed by atoms with Gasteiger partial charge in [-0.05, 0) is 33.2 Å². The number of rotatable bonds is 8. The van der Waals surface area contributed by atoms with Gasteiger partial charge >= 0.3 is 0 Å². The highest BCUT2D eigenvalue weighted by atomic mass is 16.5. The maximum Gasteiger partial charge on any atom is 0.0950 e. The fourth-order valence-corrected chi connectivity index (χ4v) is 1.95. The van der Waals surface area contributed by atoms with Crippen molar-refractivity contribution in [1.29, 1.82) is 0 Å². The van der Waals surface area contributed by atoms with Crippen LogP contribution in [0.1, 0.15) is 40.3 Å². The molecule has 0 aliphatic rings. The molecule has 0 aliphatic carbocycles. The summed E-state index contributed by atoms with van der Waals surface area (Å²) in [6.45, 7) is 14.1. The van der Waals surface area contributed by atoms with Crippen molar-refractivity contribution < 1.29 is 4.74 Å². The van der Waals surface area contributed by atoms with Crippen LogP contribution in [-0.2, 0) is 17.8 Å². The summed E-state index contributed by atoms with van der Waals surface area (Å²) in [6, 6.07) is 0. The molecule has 0 aliphatic heterocycles. The first-order valence-electron chi connectivity index (χ1n) is 6.78. The normalized spacial score (nSPS) is 12.3. The molecule has 4 nitrogen and oxygen atoms in total. The summed E-state index contributed by atoms with van der Waals surface area (Å²) in [4.78, 5) is 4.40. The van der Waals surface area contributed by atoms with Gasteiger partial charge in [-0.2, -0.15) is 0 Å². The van der Waals surface area contributed by atoms with Gasteiger partial charge in [0.05, 0.1) is 24.2 Å². The molecule has 0 amide bonds. The van der Waals surface area contributed by atoms with Gasteiger partial charge in [-0.1, -0.05) is 13.8 Å². The minimum atomic E-state index is -0.141. The molecule has 0 aromatic carbocycles. The SMILES string of the molecule is CCOC(C)(C)Cn1cnc(CNCC(C)C)c1. The van der Waals surface area contributed by atoms with Crippen LogP contribution in [0.25, 0.3) is 0 Å². The van der Waals surface area contributed by atoms with Gasteiger partial charge in [-0.25, -0.2) is 4.98 Å². The smallest absolute Gasteiger partial charge is 0.0950 e. The van der Waals surface area contributed by atoms with Gasteiger partial charge in [-0.15, -0.1) is 0 Å². The molecule has 0 saturated heterocycles. The van der Waals surface area contributed by atoms with E-state index >= 15 is 0 Å². The Kier molecular flexibility index (Phi) is 5.82. The summed E-state index contributed by atoms with van der Waals surface area (Å²) in [7, 11) is 0. The predicted molar refractivity (Wildman–Crippen MR) is 74.5 cm³/mol. The maximum absolute atomic E-state index is 5.69. The van der Waals surface area contributed by atoms with Gasteiger partial charge in [-0.3, -0.25) is 0 Å². The molecule has 0 unspecified atom stereocenters. The lowest BCUT2D eigenvalue weighted by atomic mass is 10.1. The molecule has 18 heavy (non-hydrogen) atoms. The number of imidazole rings is 1. The molecule has 0 saturated carbocycles. The Labute approximate surface area is 111 Å². The Bertz CT molecular complexity index is 345. The van der Waals surface area contributed by atoms with E-state index in [9.17, 15) is 0 Å². The van der Waals surface area contributed by atoms with E-state index in [4.69, 9.17) is 4.74 Å². The van der Waals surface area contributed by atoms with E-state index in [2.05, 4.69) is 48.8 Å². The van der Waals surface area contributed by atoms with Gasteiger partial charge < -0.3 is 14.6 Å². The summed E-state index contributed by atoms with van der Waals surface area (Å²) < 4.78 is 7.79. The summed E-state index contributed by atoms with van der Waals surface area (Å²) >= 11 is 0. The van der Waals surface area contributed by atoms with Crippen molar-refractivity contribution in [3.8, 4) is 0 Å². The Morgan fingerprint density at radius 3 is 2.78 bits per heavy atom. The van der Waals surface area contributed by atoms with Gasteiger partial charge in [0, 0.05) is 19.3 Å². The molecule has 4 heteroatoms. The topological polar surface area (TPSA) is 39.1 Å². The van der Waals surface area contributed by atoms with Crippen molar-refractivity contribution in [1.82, 2.24) is 14.9 Å². The Hall–Kier alpha value is -0.870. The highest BCUT2D eigenvalue weighted by Crippen LogP contribution is 2.12. The zero-order valence-corrected chi connectivity index (χ0v) is 12.4. The van der Waals surface area contributed by atoms with Crippen LogP contribution in [0, 0.1) is 5.92 Å².